The van der Waals surface area contributed by atoms with Gasteiger partial charge in [0.1, 0.15) is 12.7 Å². The molecule has 0 aliphatic carbocycles. The molecule has 4 rings (SSSR count). The third-order valence-corrected chi connectivity index (χ3v) is 8.16. The number of carbonyl (C=O) groups excluding carboxylic acids is 2. The Kier molecular flexibility index (Phi) is 11.4. The zero-order valence-electron chi connectivity index (χ0n) is 24.4. The van der Waals surface area contributed by atoms with Gasteiger partial charge in [0.05, 0.1) is 25.7 Å². The Balaban J connectivity index is 1.42. The van der Waals surface area contributed by atoms with Crippen LogP contribution in [0, 0.1) is 13.8 Å². The van der Waals surface area contributed by atoms with Gasteiger partial charge in [0.2, 0.25) is 5.91 Å². The Morgan fingerprint density at radius 3 is 2.18 bits per heavy atom. The summed E-state index contributed by atoms with van der Waals surface area (Å²) in [5, 5.41) is 5.56. The lowest BCUT2D eigenvalue weighted by Gasteiger charge is -2.39. The van der Waals surface area contributed by atoms with Gasteiger partial charge in [0.25, 0.3) is 19.6 Å². The molecule has 5 atom stereocenters. The van der Waals surface area contributed by atoms with Crippen molar-refractivity contribution in [2.45, 2.75) is 51.4 Å². The van der Waals surface area contributed by atoms with Crippen LogP contribution >= 0.6 is 8.53 Å². The van der Waals surface area contributed by atoms with E-state index in [9.17, 15) is 33.7 Å². The molecule has 2 aliphatic heterocycles. The van der Waals surface area contributed by atoms with E-state index in [4.69, 9.17) is 18.7 Å². The fraction of sp³-hybridized carbons (Fsp3) is 0.600. The summed E-state index contributed by atoms with van der Waals surface area (Å²) in [5.74, 6) is -0.943. The highest BCUT2D eigenvalue weighted by Gasteiger charge is 2.36. The molecule has 2 aromatic heterocycles. The lowest BCUT2D eigenvalue weighted by Crippen LogP contribution is -2.49. The number of rotatable bonds is 11. The third-order valence-electron chi connectivity index (χ3n) is 6.97. The fourth-order valence-electron chi connectivity index (χ4n) is 4.56. The Labute approximate surface area is 251 Å². The first kappa shape index (κ1) is 33.4. The van der Waals surface area contributed by atoms with Gasteiger partial charge in [-0.15, -0.1) is 0 Å². The maximum absolute atomic E-state index is 12.6. The van der Waals surface area contributed by atoms with E-state index < -0.39 is 61.7 Å². The molecule has 1 unspecified atom stereocenters. The number of aryl methyl sites for hydroxylation is 2. The lowest BCUT2D eigenvalue weighted by molar-refractivity contribution is -0.160. The standard InChI is InChI=1S/C25H36N7O11P/c1-14-8-31(24(37)28-22(14)35)19-7-27-6-16(42-19)13-41-44(39)30-10-17(12-40-21(34)5-4-18(33)26-3)43-20(11-30)32-9-15(2)23(36)29-25(32)38/h8-9,16-17,19-20,27,39H,4-7,10-13H2,1-3H3,(H,26,33)(H,28,35,37)(H,29,36,38)/t16-,17-,19+,20+,44?/m0/s1. The lowest BCUT2D eigenvalue weighted by atomic mass is 10.3. The molecular formula is C25H36N7O11P. The average Bonchev–Trinajstić information content (AvgIpc) is 3.01. The molecule has 2 aromatic rings. The first-order chi connectivity index (χ1) is 20.9. The number of hydrogen-bond donors (Lipinski definition) is 5. The second-order valence-corrected chi connectivity index (χ2v) is 11.6. The second kappa shape index (κ2) is 15.0. The van der Waals surface area contributed by atoms with Gasteiger partial charge in [-0.25, -0.2) is 14.3 Å². The van der Waals surface area contributed by atoms with Crippen LogP contribution in [0.2, 0.25) is 0 Å². The first-order valence-electron chi connectivity index (χ1n) is 13.8. The highest BCUT2D eigenvalue weighted by atomic mass is 31.2. The van der Waals surface area contributed by atoms with Crippen molar-refractivity contribution in [3.8, 4) is 0 Å². The topological polar surface area (TPSA) is 228 Å². The van der Waals surface area contributed by atoms with Crippen molar-refractivity contribution < 1.29 is 33.2 Å². The monoisotopic (exact) mass is 641 g/mol. The molecule has 2 aliphatic rings. The molecule has 44 heavy (non-hydrogen) atoms. The molecule has 0 aromatic carbocycles. The van der Waals surface area contributed by atoms with Crippen molar-refractivity contribution in [2.75, 3.05) is 46.4 Å². The summed E-state index contributed by atoms with van der Waals surface area (Å²) in [4.78, 5) is 87.7. The number of ether oxygens (including phenoxy) is 3. The van der Waals surface area contributed by atoms with Crippen LogP contribution in [0.4, 0.5) is 0 Å². The molecule has 0 saturated carbocycles. The van der Waals surface area contributed by atoms with Crippen molar-refractivity contribution >= 4 is 20.4 Å². The molecule has 242 valence electrons. The number of aromatic amines is 2. The highest BCUT2D eigenvalue weighted by molar-refractivity contribution is 7.43. The zero-order chi connectivity index (χ0) is 32.0. The highest BCUT2D eigenvalue weighted by Crippen LogP contribution is 2.41. The predicted octanol–water partition coefficient (Wildman–Crippen LogP) is -2.30. The van der Waals surface area contributed by atoms with Crippen LogP contribution in [0.3, 0.4) is 0 Å². The van der Waals surface area contributed by atoms with E-state index in [2.05, 4.69) is 20.6 Å². The van der Waals surface area contributed by atoms with Crippen molar-refractivity contribution in [3.05, 3.63) is 65.2 Å². The predicted molar refractivity (Wildman–Crippen MR) is 154 cm³/mol. The van der Waals surface area contributed by atoms with Crippen LogP contribution in [-0.4, -0.2) is 99.2 Å². The minimum Gasteiger partial charge on any atom is -0.463 e. The van der Waals surface area contributed by atoms with Gasteiger partial charge in [-0.2, -0.15) is 0 Å². The Hall–Kier alpha value is -3.51. The van der Waals surface area contributed by atoms with Crippen LogP contribution in [0.5, 0.6) is 0 Å². The fourth-order valence-corrected chi connectivity index (χ4v) is 5.63. The number of carbonyl (C=O) groups is 2. The van der Waals surface area contributed by atoms with Crippen LogP contribution in [-0.2, 0) is 28.3 Å². The zero-order valence-corrected chi connectivity index (χ0v) is 25.3. The maximum atomic E-state index is 12.6. The smallest absolute Gasteiger partial charge is 0.330 e. The normalized spacial score (nSPS) is 23.2. The van der Waals surface area contributed by atoms with Gasteiger partial charge in [-0.05, 0) is 13.8 Å². The van der Waals surface area contributed by atoms with Gasteiger partial charge >= 0.3 is 17.3 Å². The maximum Gasteiger partial charge on any atom is 0.330 e. The average molecular weight is 642 g/mol. The molecule has 5 N–H and O–H groups in total. The molecule has 2 fully saturated rings. The van der Waals surface area contributed by atoms with Crippen molar-refractivity contribution in [2.24, 2.45) is 0 Å². The molecule has 2 saturated heterocycles. The van der Waals surface area contributed by atoms with Gasteiger partial charge in [-0.1, -0.05) is 0 Å². The van der Waals surface area contributed by atoms with Gasteiger partial charge in [0, 0.05) is 56.6 Å². The van der Waals surface area contributed by atoms with Gasteiger partial charge < -0.3 is 34.3 Å². The molecular weight excluding hydrogens is 605 g/mol. The summed E-state index contributed by atoms with van der Waals surface area (Å²) in [6, 6.07) is 0. The summed E-state index contributed by atoms with van der Waals surface area (Å²) in [6.07, 6.45) is -0.513. The van der Waals surface area contributed by atoms with E-state index in [1.54, 1.807) is 6.92 Å². The summed E-state index contributed by atoms with van der Waals surface area (Å²) in [7, 11) is -0.814. The molecule has 0 spiro atoms. The summed E-state index contributed by atoms with van der Waals surface area (Å²) in [6.45, 7) is 3.52. The van der Waals surface area contributed by atoms with Crippen LogP contribution in [0.25, 0.3) is 0 Å². The molecule has 0 radical (unpaired) electrons. The van der Waals surface area contributed by atoms with Crippen molar-refractivity contribution in [1.29, 1.82) is 0 Å². The second-order valence-electron chi connectivity index (χ2n) is 10.3. The quantitative estimate of drug-likeness (QED) is 0.129. The van der Waals surface area contributed by atoms with Crippen molar-refractivity contribution in [1.82, 2.24) is 34.4 Å². The number of hydrogen-bond acceptors (Lipinski definition) is 13. The Bertz CT molecular complexity index is 1570. The van der Waals surface area contributed by atoms with Gasteiger partial charge in [-0.3, -0.25) is 38.3 Å². The van der Waals surface area contributed by atoms with E-state index in [0.717, 1.165) is 0 Å². The van der Waals surface area contributed by atoms with E-state index >= 15 is 0 Å². The number of morpholine rings is 2. The number of nitrogens with one attached hydrogen (secondary N) is 4. The number of esters is 1. The van der Waals surface area contributed by atoms with Crippen LogP contribution < -0.4 is 33.1 Å². The molecule has 4 heterocycles. The van der Waals surface area contributed by atoms with Crippen molar-refractivity contribution in [3.63, 3.8) is 0 Å². The number of nitrogens with zero attached hydrogens (tertiary/aromatic N) is 3. The first-order valence-corrected chi connectivity index (χ1v) is 15.0. The van der Waals surface area contributed by atoms with E-state index in [1.807, 2.05) is 0 Å². The minimum absolute atomic E-state index is 0.00679. The Morgan fingerprint density at radius 2 is 1.55 bits per heavy atom. The molecule has 0 bridgehead atoms. The summed E-state index contributed by atoms with van der Waals surface area (Å²) < 4.78 is 27.0. The van der Waals surface area contributed by atoms with E-state index in [1.165, 1.54) is 40.2 Å². The molecule has 1 amide bonds. The van der Waals surface area contributed by atoms with Crippen LogP contribution in [0.1, 0.15) is 36.4 Å². The number of amides is 1. The van der Waals surface area contributed by atoms with Gasteiger partial charge in [0.15, 0.2) is 12.5 Å². The van der Waals surface area contributed by atoms with Crippen LogP contribution in [0.15, 0.2) is 31.6 Å². The van der Waals surface area contributed by atoms with E-state index in [-0.39, 0.29) is 50.6 Å². The summed E-state index contributed by atoms with van der Waals surface area (Å²) >= 11 is 0. The third kappa shape index (κ3) is 8.56. The largest absolute Gasteiger partial charge is 0.463 e. The number of H-pyrrole nitrogens is 2. The molecule has 19 heteroatoms. The summed E-state index contributed by atoms with van der Waals surface area (Å²) in [5.41, 5.74) is -1.77. The minimum atomic E-state index is -2.27. The Morgan fingerprint density at radius 1 is 0.932 bits per heavy atom. The molecule has 18 nitrogen and oxygen atoms in total. The van der Waals surface area contributed by atoms with E-state index in [0.29, 0.717) is 18.7 Å². The number of aromatic nitrogens is 4. The SMILES string of the molecule is CNC(=O)CCC(=O)OC[C@@H]1CN(P(O)OC[C@@H]2CNC[C@H](n3cc(C)c(=O)[nH]c3=O)O2)C[C@H](n2cc(C)c(=O)[nH]c2=O)O1.